The minimum absolute atomic E-state index is 0.376. The van der Waals surface area contributed by atoms with E-state index >= 15 is 0 Å². The minimum atomic E-state index is -0.401. The fraction of sp³-hybridized carbons (Fsp3) is 0.158. The summed E-state index contributed by atoms with van der Waals surface area (Å²) in [7, 11) is 0. The Balaban J connectivity index is 2.27. The largest absolute Gasteiger partial charge is 0.384 e. The van der Waals surface area contributed by atoms with E-state index in [1.54, 1.807) is 0 Å². The van der Waals surface area contributed by atoms with Crippen molar-refractivity contribution in [3.63, 3.8) is 0 Å². The van der Waals surface area contributed by atoms with Gasteiger partial charge in [-0.05, 0) is 18.1 Å². The molecule has 0 bridgehead atoms. The quantitative estimate of drug-likeness (QED) is 0.835. The highest BCUT2D eigenvalue weighted by atomic mass is 16.2. The Morgan fingerprint density at radius 2 is 1.43 bits per heavy atom. The van der Waals surface area contributed by atoms with Crippen molar-refractivity contribution in [3.05, 3.63) is 77.5 Å². The first-order chi connectivity index (χ1) is 11.1. The maximum absolute atomic E-state index is 12.4. The van der Waals surface area contributed by atoms with E-state index in [9.17, 15) is 9.59 Å². The third-order valence-corrected chi connectivity index (χ3v) is 3.35. The van der Waals surface area contributed by atoms with Crippen molar-refractivity contribution in [1.29, 1.82) is 0 Å². The number of nitrogens with one attached hydrogen (secondary N) is 2. The van der Waals surface area contributed by atoms with Gasteiger partial charge in [0.2, 0.25) is 5.91 Å². The highest BCUT2D eigenvalue weighted by Gasteiger charge is 2.16. The lowest BCUT2D eigenvalue weighted by Crippen LogP contribution is -2.30. The Kier molecular flexibility index (Phi) is 5.69. The monoisotopic (exact) mass is 308 g/mol. The van der Waals surface area contributed by atoms with Crippen molar-refractivity contribution in [2.24, 2.45) is 0 Å². The molecule has 0 atom stereocenters. The standard InChI is InChI=1S/C19H20N2O2/c1-14(20-13-16-9-5-3-6-10-16)18(19(23)21-15(2)22)17-11-7-4-8-12-17/h3-12,20H,13H2,1-2H3,(H,21,22,23)/b18-14+. The summed E-state index contributed by atoms with van der Waals surface area (Å²) in [5.41, 5.74) is 3.08. The van der Waals surface area contributed by atoms with Crippen LogP contribution in [0.25, 0.3) is 5.57 Å². The molecule has 23 heavy (non-hydrogen) atoms. The molecule has 0 unspecified atom stereocenters. The molecule has 0 aliphatic heterocycles. The van der Waals surface area contributed by atoms with Crippen LogP contribution in [0.4, 0.5) is 0 Å². The Hall–Kier alpha value is -2.88. The topological polar surface area (TPSA) is 58.2 Å². The number of amides is 2. The zero-order valence-corrected chi connectivity index (χ0v) is 13.3. The maximum atomic E-state index is 12.4. The van der Waals surface area contributed by atoms with Gasteiger partial charge in [0.15, 0.2) is 0 Å². The molecule has 0 saturated heterocycles. The lowest BCUT2D eigenvalue weighted by Gasteiger charge is -2.14. The van der Waals surface area contributed by atoms with Gasteiger partial charge in [-0.15, -0.1) is 0 Å². The van der Waals surface area contributed by atoms with Gasteiger partial charge in [0.1, 0.15) is 0 Å². The predicted molar refractivity (Wildman–Crippen MR) is 91.1 cm³/mol. The number of allylic oxidation sites excluding steroid dienone is 1. The Labute approximate surface area is 136 Å². The van der Waals surface area contributed by atoms with Gasteiger partial charge in [-0.3, -0.25) is 14.9 Å². The molecule has 0 aliphatic carbocycles. The second-order valence-electron chi connectivity index (χ2n) is 5.22. The van der Waals surface area contributed by atoms with Crippen LogP contribution in [0.1, 0.15) is 25.0 Å². The Morgan fingerprint density at radius 3 is 2.00 bits per heavy atom. The molecule has 2 aromatic rings. The average molecular weight is 308 g/mol. The van der Waals surface area contributed by atoms with Crippen molar-refractivity contribution < 1.29 is 9.59 Å². The van der Waals surface area contributed by atoms with E-state index in [2.05, 4.69) is 10.6 Å². The first kappa shape index (κ1) is 16.5. The van der Waals surface area contributed by atoms with Gasteiger partial charge in [0, 0.05) is 19.2 Å². The van der Waals surface area contributed by atoms with Crippen LogP contribution < -0.4 is 10.6 Å². The van der Waals surface area contributed by atoms with Gasteiger partial charge >= 0.3 is 0 Å². The van der Waals surface area contributed by atoms with Crippen LogP contribution in [0.3, 0.4) is 0 Å². The van der Waals surface area contributed by atoms with Crippen molar-refractivity contribution in [2.75, 3.05) is 0 Å². The minimum Gasteiger partial charge on any atom is -0.384 e. The first-order valence-corrected chi connectivity index (χ1v) is 7.44. The summed E-state index contributed by atoms with van der Waals surface area (Å²) in [6.45, 7) is 3.77. The highest BCUT2D eigenvalue weighted by molar-refractivity contribution is 6.24. The van der Waals surface area contributed by atoms with E-state index in [1.165, 1.54) is 6.92 Å². The highest BCUT2D eigenvalue weighted by Crippen LogP contribution is 2.18. The van der Waals surface area contributed by atoms with Gasteiger partial charge in [-0.2, -0.15) is 0 Å². The summed E-state index contributed by atoms with van der Waals surface area (Å²) in [6.07, 6.45) is 0. The summed E-state index contributed by atoms with van der Waals surface area (Å²) < 4.78 is 0. The smallest absolute Gasteiger partial charge is 0.260 e. The van der Waals surface area contributed by atoms with Crippen LogP contribution in [0.5, 0.6) is 0 Å². The van der Waals surface area contributed by atoms with Gasteiger partial charge in [0.05, 0.1) is 5.57 Å². The van der Waals surface area contributed by atoms with Crippen molar-refractivity contribution in [1.82, 2.24) is 10.6 Å². The lowest BCUT2D eigenvalue weighted by atomic mass is 10.0. The van der Waals surface area contributed by atoms with Crippen molar-refractivity contribution in [3.8, 4) is 0 Å². The van der Waals surface area contributed by atoms with Crippen molar-refractivity contribution in [2.45, 2.75) is 20.4 Å². The normalized spacial score (nSPS) is 11.4. The third-order valence-electron chi connectivity index (χ3n) is 3.35. The van der Waals surface area contributed by atoms with Crippen LogP contribution in [-0.4, -0.2) is 11.8 Å². The number of imide groups is 1. The molecular formula is C19H20N2O2. The number of hydrogen-bond donors (Lipinski definition) is 2. The number of rotatable bonds is 5. The summed E-state index contributed by atoms with van der Waals surface area (Å²) in [5.74, 6) is -0.777. The first-order valence-electron chi connectivity index (χ1n) is 7.44. The fourth-order valence-corrected chi connectivity index (χ4v) is 2.26. The third kappa shape index (κ3) is 4.81. The number of hydrogen-bond acceptors (Lipinski definition) is 3. The fourth-order valence-electron chi connectivity index (χ4n) is 2.26. The van der Waals surface area contributed by atoms with E-state index in [0.717, 1.165) is 16.8 Å². The van der Waals surface area contributed by atoms with E-state index in [0.29, 0.717) is 12.1 Å². The predicted octanol–water partition coefficient (Wildman–Crippen LogP) is 2.87. The van der Waals surface area contributed by atoms with Crippen LogP contribution in [0.15, 0.2) is 66.4 Å². The molecular weight excluding hydrogens is 288 g/mol. The Morgan fingerprint density at radius 1 is 0.870 bits per heavy atom. The van der Waals surface area contributed by atoms with Crippen LogP contribution >= 0.6 is 0 Å². The molecule has 2 rings (SSSR count). The van der Waals surface area contributed by atoms with Gasteiger partial charge < -0.3 is 5.32 Å². The van der Waals surface area contributed by atoms with E-state index < -0.39 is 5.91 Å². The summed E-state index contributed by atoms with van der Waals surface area (Å²) in [6, 6.07) is 19.2. The van der Waals surface area contributed by atoms with Crippen molar-refractivity contribution >= 4 is 17.4 Å². The molecule has 2 aromatic carbocycles. The molecule has 0 radical (unpaired) electrons. The Bertz CT molecular complexity index is 707. The zero-order valence-electron chi connectivity index (χ0n) is 13.3. The molecule has 2 N–H and O–H groups in total. The SMILES string of the molecule is CC(=O)NC(=O)/C(=C(\C)NCc1ccccc1)c1ccccc1. The number of benzene rings is 2. The summed E-state index contributed by atoms with van der Waals surface area (Å²) >= 11 is 0. The molecule has 0 saturated carbocycles. The zero-order chi connectivity index (χ0) is 16.7. The average Bonchev–Trinajstić information content (AvgIpc) is 2.54. The molecule has 4 nitrogen and oxygen atoms in total. The van der Waals surface area contributed by atoms with Crippen LogP contribution in [0.2, 0.25) is 0 Å². The number of carbonyl (C=O) groups excluding carboxylic acids is 2. The molecule has 0 fully saturated rings. The molecule has 4 heteroatoms. The summed E-state index contributed by atoms with van der Waals surface area (Å²) in [5, 5.41) is 5.60. The van der Waals surface area contributed by atoms with E-state index in [4.69, 9.17) is 0 Å². The van der Waals surface area contributed by atoms with Gasteiger partial charge in [-0.25, -0.2) is 0 Å². The molecule has 2 amide bonds. The lowest BCUT2D eigenvalue weighted by molar-refractivity contribution is -0.126. The maximum Gasteiger partial charge on any atom is 0.260 e. The second kappa shape index (κ2) is 7.94. The molecule has 0 heterocycles. The molecule has 0 aliphatic rings. The molecule has 0 aromatic heterocycles. The van der Waals surface area contributed by atoms with Gasteiger partial charge in [0.25, 0.3) is 5.91 Å². The van der Waals surface area contributed by atoms with E-state index in [-0.39, 0.29) is 5.91 Å². The summed E-state index contributed by atoms with van der Waals surface area (Å²) in [4.78, 5) is 23.6. The molecule has 118 valence electrons. The molecule has 0 spiro atoms. The van der Waals surface area contributed by atoms with Gasteiger partial charge in [-0.1, -0.05) is 60.7 Å². The number of carbonyl (C=O) groups is 2. The van der Waals surface area contributed by atoms with E-state index in [1.807, 2.05) is 67.6 Å². The van der Waals surface area contributed by atoms with Crippen LogP contribution in [0, 0.1) is 0 Å². The van der Waals surface area contributed by atoms with Crippen LogP contribution in [-0.2, 0) is 16.1 Å². The second-order valence-corrected chi connectivity index (χ2v) is 5.22.